The van der Waals surface area contributed by atoms with Gasteiger partial charge in [0.25, 0.3) is 0 Å². The van der Waals surface area contributed by atoms with E-state index in [0.29, 0.717) is 43.9 Å². The van der Waals surface area contributed by atoms with Crippen LogP contribution in [0.15, 0.2) is 72.8 Å². The Labute approximate surface area is 212 Å². The molecule has 7 nitrogen and oxygen atoms in total. The maximum absolute atomic E-state index is 13.6. The van der Waals surface area contributed by atoms with Crippen molar-refractivity contribution in [1.82, 2.24) is 10.2 Å². The molecular formula is C29H32N2O5. The predicted molar refractivity (Wildman–Crippen MR) is 137 cm³/mol. The van der Waals surface area contributed by atoms with Gasteiger partial charge in [-0.3, -0.25) is 9.59 Å². The van der Waals surface area contributed by atoms with E-state index in [4.69, 9.17) is 14.2 Å². The molecule has 0 bridgehead atoms. The Morgan fingerprint density at radius 1 is 0.944 bits per heavy atom. The van der Waals surface area contributed by atoms with Crippen LogP contribution in [-0.4, -0.2) is 36.7 Å². The topological polar surface area (TPSA) is 77.1 Å². The number of benzene rings is 3. The fourth-order valence-corrected chi connectivity index (χ4v) is 4.20. The average Bonchev–Trinajstić information content (AvgIpc) is 3.38. The SMILES string of the molecule is CCCC(=O)N(Cc1ccc(OC)cc1)[C@@H](Cc1ccccc1)C(=O)NCc1ccc2c(c1)OCO2. The van der Waals surface area contributed by atoms with Gasteiger partial charge in [-0.2, -0.15) is 0 Å². The van der Waals surface area contributed by atoms with Gasteiger partial charge in [0.2, 0.25) is 18.6 Å². The number of carbonyl (C=O) groups excluding carboxylic acids is 2. The first kappa shape index (κ1) is 25.1. The monoisotopic (exact) mass is 488 g/mol. The van der Waals surface area contributed by atoms with Crippen molar-refractivity contribution in [3.63, 3.8) is 0 Å². The molecule has 0 saturated heterocycles. The van der Waals surface area contributed by atoms with Crippen LogP contribution in [0.25, 0.3) is 0 Å². The quantitative estimate of drug-likeness (QED) is 0.431. The van der Waals surface area contributed by atoms with Crippen LogP contribution in [0.4, 0.5) is 0 Å². The Hall–Kier alpha value is -4.00. The Balaban J connectivity index is 1.57. The third-order valence-corrected chi connectivity index (χ3v) is 6.15. The molecule has 0 spiro atoms. The Morgan fingerprint density at radius 2 is 1.67 bits per heavy atom. The minimum absolute atomic E-state index is 0.0486. The fourth-order valence-electron chi connectivity index (χ4n) is 4.20. The van der Waals surface area contributed by atoms with E-state index in [-0.39, 0.29) is 18.6 Å². The molecule has 0 saturated carbocycles. The molecule has 1 heterocycles. The van der Waals surface area contributed by atoms with Crippen LogP contribution in [0.3, 0.4) is 0 Å². The number of nitrogens with one attached hydrogen (secondary N) is 1. The maximum atomic E-state index is 13.6. The molecule has 1 aliphatic heterocycles. The summed E-state index contributed by atoms with van der Waals surface area (Å²) in [7, 11) is 1.62. The molecule has 0 aromatic heterocycles. The Kier molecular flexibility index (Phi) is 8.44. The largest absolute Gasteiger partial charge is 0.497 e. The van der Waals surface area contributed by atoms with Crippen LogP contribution in [0.1, 0.15) is 36.5 Å². The molecule has 1 N–H and O–H groups in total. The number of hydrogen-bond donors (Lipinski definition) is 1. The zero-order valence-corrected chi connectivity index (χ0v) is 20.7. The minimum atomic E-state index is -0.664. The van der Waals surface area contributed by atoms with E-state index in [0.717, 1.165) is 22.4 Å². The molecule has 3 aromatic carbocycles. The lowest BCUT2D eigenvalue weighted by Gasteiger charge is -2.31. The molecule has 188 valence electrons. The van der Waals surface area contributed by atoms with Crippen LogP contribution >= 0.6 is 0 Å². The van der Waals surface area contributed by atoms with Crippen molar-refractivity contribution in [3.8, 4) is 17.2 Å². The molecule has 0 unspecified atom stereocenters. The second-order valence-corrected chi connectivity index (χ2v) is 8.73. The van der Waals surface area contributed by atoms with Crippen LogP contribution in [-0.2, 0) is 29.1 Å². The van der Waals surface area contributed by atoms with Gasteiger partial charge in [0.15, 0.2) is 11.5 Å². The number of nitrogens with zero attached hydrogens (tertiary/aromatic N) is 1. The van der Waals surface area contributed by atoms with E-state index in [2.05, 4.69) is 5.32 Å². The Bertz CT molecular complexity index is 1160. The predicted octanol–water partition coefficient (Wildman–Crippen LogP) is 4.48. The molecule has 0 radical (unpaired) electrons. The number of fused-ring (bicyclic) bond motifs is 1. The molecule has 36 heavy (non-hydrogen) atoms. The summed E-state index contributed by atoms with van der Waals surface area (Å²) in [5.41, 5.74) is 2.82. The fraction of sp³-hybridized carbons (Fsp3) is 0.310. The first-order valence-corrected chi connectivity index (χ1v) is 12.2. The number of methoxy groups -OCH3 is 1. The van der Waals surface area contributed by atoms with Gasteiger partial charge in [-0.15, -0.1) is 0 Å². The van der Waals surface area contributed by atoms with Gasteiger partial charge >= 0.3 is 0 Å². The van der Waals surface area contributed by atoms with Gasteiger partial charge in [0.1, 0.15) is 11.8 Å². The number of hydrogen-bond acceptors (Lipinski definition) is 5. The zero-order valence-electron chi connectivity index (χ0n) is 20.7. The molecule has 7 heteroatoms. The van der Waals surface area contributed by atoms with Gasteiger partial charge in [-0.1, -0.05) is 55.5 Å². The first-order chi connectivity index (χ1) is 17.6. The van der Waals surface area contributed by atoms with Crippen molar-refractivity contribution >= 4 is 11.8 Å². The summed E-state index contributed by atoms with van der Waals surface area (Å²) in [4.78, 5) is 28.6. The molecule has 4 rings (SSSR count). The van der Waals surface area contributed by atoms with Gasteiger partial charge in [0.05, 0.1) is 7.11 Å². The summed E-state index contributed by atoms with van der Waals surface area (Å²) >= 11 is 0. The summed E-state index contributed by atoms with van der Waals surface area (Å²) < 4.78 is 16.1. The van der Waals surface area contributed by atoms with Gasteiger partial charge in [-0.25, -0.2) is 0 Å². The molecule has 1 aliphatic rings. The second-order valence-electron chi connectivity index (χ2n) is 8.73. The van der Waals surface area contributed by atoms with E-state index in [1.807, 2.05) is 79.7 Å². The van der Waals surface area contributed by atoms with Crippen molar-refractivity contribution < 1.29 is 23.8 Å². The van der Waals surface area contributed by atoms with E-state index in [9.17, 15) is 9.59 Å². The average molecular weight is 489 g/mol. The van der Waals surface area contributed by atoms with Gasteiger partial charge in [-0.05, 0) is 47.4 Å². The highest BCUT2D eigenvalue weighted by molar-refractivity contribution is 5.88. The van der Waals surface area contributed by atoms with E-state index < -0.39 is 6.04 Å². The summed E-state index contributed by atoms with van der Waals surface area (Å²) in [5.74, 6) is 1.86. The number of ether oxygens (including phenoxy) is 3. The molecular weight excluding hydrogens is 456 g/mol. The summed E-state index contributed by atoms with van der Waals surface area (Å²) in [6, 6.07) is 22.3. The first-order valence-electron chi connectivity index (χ1n) is 12.2. The van der Waals surface area contributed by atoms with Crippen LogP contribution < -0.4 is 19.5 Å². The van der Waals surface area contributed by atoms with E-state index >= 15 is 0 Å². The highest BCUT2D eigenvalue weighted by atomic mass is 16.7. The standard InChI is InChI=1S/C29H32N2O5/c1-3-7-28(32)31(19-22-10-13-24(34-2)14-11-22)25(16-21-8-5-4-6-9-21)29(33)30-18-23-12-15-26-27(17-23)36-20-35-26/h4-6,8-15,17,25H,3,7,16,18-20H2,1-2H3,(H,30,33)/t25-/m0/s1. The highest BCUT2D eigenvalue weighted by Gasteiger charge is 2.30. The summed E-state index contributed by atoms with van der Waals surface area (Å²) in [6.45, 7) is 2.82. The molecule has 0 fully saturated rings. The van der Waals surface area contributed by atoms with Gasteiger partial charge in [0, 0.05) is 25.9 Å². The third-order valence-electron chi connectivity index (χ3n) is 6.15. The number of carbonyl (C=O) groups is 2. The van der Waals surface area contributed by atoms with Gasteiger partial charge < -0.3 is 24.4 Å². The smallest absolute Gasteiger partial charge is 0.243 e. The molecule has 1 atom stereocenters. The number of amides is 2. The Morgan fingerprint density at radius 3 is 2.39 bits per heavy atom. The van der Waals surface area contributed by atoms with E-state index in [1.165, 1.54) is 0 Å². The van der Waals surface area contributed by atoms with Crippen molar-refractivity contribution in [2.75, 3.05) is 13.9 Å². The van der Waals surface area contributed by atoms with Crippen molar-refractivity contribution in [2.24, 2.45) is 0 Å². The van der Waals surface area contributed by atoms with Crippen molar-refractivity contribution in [1.29, 1.82) is 0 Å². The third kappa shape index (κ3) is 6.36. The molecule has 0 aliphatic carbocycles. The zero-order chi connectivity index (χ0) is 25.3. The van der Waals surface area contributed by atoms with E-state index in [1.54, 1.807) is 12.0 Å². The molecule has 2 amide bonds. The highest BCUT2D eigenvalue weighted by Crippen LogP contribution is 2.32. The van der Waals surface area contributed by atoms with Crippen molar-refractivity contribution in [3.05, 3.63) is 89.5 Å². The summed E-state index contributed by atoms with van der Waals surface area (Å²) in [6.07, 6.45) is 1.49. The summed E-state index contributed by atoms with van der Waals surface area (Å²) in [5, 5.41) is 3.04. The van der Waals surface area contributed by atoms with Crippen LogP contribution in [0.2, 0.25) is 0 Å². The van der Waals surface area contributed by atoms with Crippen LogP contribution in [0, 0.1) is 0 Å². The maximum Gasteiger partial charge on any atom is 0.243 e. The lowest BCUT2D eigenvalue weighted by Crippen LogP contribution is -2.50. The second kappa shape index (κ2) is 12.1. The minimum Gasteiger partial charge on any atom is -0.497 e. The van der Waals surface area contributed by atoms with Crippen molar-refractivity contribution in [2.45, 2.75) is 45.3 Å². The normalized spacial score (nSPS) is 12.6. The molecule has 3 aromatic rings. The lowest BCUT2D eigenvalue weighted by molar-refractivity contribution is -0.141. The number of rotatable bonds is 11. The lowest BCUT2D eigenvalue weighted by atomic mass is 10.0. The van der Waals surface area contributed by atoms with Crippen LogP contribution in [0.5, 0.6) is 17.2 Å².